The first-order chi connectivity index (χ1) is 16.3. The summed E-state index contributed by atoms with van der Waals surface area (Å²) in [6.45, 7) is 0. The van der Waals surface area contributed by atoms with Crippen LogP contribution in [0, 0.1) is 0 Å². The topological polar surface area (TPSA) is 68.9 Å². The molecule has 6 nitrogen and oxygen atoms in total. The molecule has 0 unspecified atom stereocenters. The lowest BCUT2D eigenvalue weighted by molar-refractivity contribution is 0.906. The van der Waals surface area contributed by atoms with Crippen LogP contribution in [0.25, 0.3) is 50.9 Å². The van der Waals surface area contributed by atoms with E-state index < -0.39 is 0 Å². The van der Waals surface area contributed by atoms with Gasteiger partial charge in [-0.05, 0) is 35.4 Å². The van der Waals surface area contributed by atoms with Gasteiger partial charge in [0.25, 0.3) is 5.78 Å². The number of hydrogen-bond donors (Lipinski definition) is 0. The minimum Gasteiger partial charge on any atom is -0.255 e. The highest BCUT2D eigenvalue weighted by molar-refractivity contribution is 5.75. The second kappa shape index (κ2) is 8.09. The van der Waals surface area contributed by atoms with Crippen molar-refractivity contribution in [3.05, 3.63) is 110 Å². The molecule has 0 saturated carbocycles. The molecule has 0 amide bonds. The van der Waals surface area contributed by atoms with Crippen molar-refractivity contribution in [2.45, 2.75) is 0 Å². The zero-order valence-electron chi connectivity index (χ0n) is 17.6. The van der Waals surface area contributed by atoms with Gasteiger partial charge in [0.1, 0.15) is 11.4 Å². The van der Waals surface area contributed by atoms with Crippen LogP contribution in [0.4, 0.5) is 0 Å². The number of imidazole rings is 1. The van der Waals surface area contributed by atoms with E-state index in [1.165, 1.54) is 5.56 Å². The molecule has 0 aliphatic carbocycles. The third kappa shape index (κ3) is 3.64. The molecule has 0 saturated heterocycles. The van der Waals surface area contributed by atoms with Crippen LogP contribution in [0.3, 0.4) is 0 Å². The highest BCUT2D eigenvalue weighted by Gasteiger charge is 2.17. The summed E-state index contributed by atoms with van der Waals surface area (Å²) in [7, 11) is 0. The van der Waals surface area contributed by atoms with E-state index >= 15 is 0 Å². The maximum atomic E-state index is 4.82. The highest BCUT2D eigenvalue weighted by Crippen LogP contribution is 2.28. The molecule has 0 radical (unpaired) electrons. The van der Waals surface area contributed by atoms with Crippen molar-refractivity contribution >= 4 is 5.78 Å². The van der Waals surface area contributed by atoms with Crippen molar-refractivity contribution < 1.29 is 0 Å². The molecule has 0 spiro atoms. The first kappa shape index (κ1) is 19.0. The monoisotopic (exact) mass is 426 g/mol. The number of fused-ring (bicyclic) bond motifs is 1. The molecule has 2 aromatic carbocycles. The Bertz CT molecular complexity index is 1450. The molecule has 6 heteroatoms. The summed E-state index contributed by atoms with van der Waals surface area (Å²) >= 11 is 0. The molecule has 33 heavy (non-hydrogen) atoms. The second-order valence-corrected chi connectivity index (χ2v) is 7.55. The molecule has 0 aliphatic heterocycles. The number of pyridine rings is 2. The van der Waals surface area contributed by atoms with E-state index in [9.17, 15) is 0 Å². The largest absolute Gasteiger partial charge is 0.255 e. The van der Waals surface area contributed by atoms with E-state index in [0.29, 0.717) is 17.2 Å². The van der Waals surface area contributed by atoms with Gasteiger partial charge in [-0.15, -0.1) is 0 Å². The number of rotatable bonds is 4. The zero-order chi connectivity index (χ0) is 22.0. The third-order valence-electron chi connectivity index (χ3n) is 5.42. The van der Waals surface area contributed by atoms with Gasteiger partial charge in [-0.25, -0.2) is 14.5 Å². The fraction of sp³-hybridized carbons (Fsp3) is 0. The summed E-state index contributed by atoms with van der Waals surface area (Å²) in [6, 6.07) is 30.1. The van der Waals surface area contributed by atoms with Gasteiger partial charge in [0.05, 0.1) is 23.3 Å². The van der Waals surface area contributed by atoms with Crippen molar-refractivity contribution in [2.75, 3.05) is 0 Å². The lowest BCUT2D eigenvalue weighted by atomic mass is 10.0. The molecular formula is C27H18N6. The Morgan fingerprint density at radius 1 is 0.485 bits per heavy atom. The molecule has 6 aromatic rings. The van der Waals surface area contributed by atoms with E-state index in [4.69, 9.17) is 15.1 Å². The first-order valence-corrected chi connectivity index (χ1v) is 10.6. The van der Waals surface area contributed by atoms with Crippen LogP contribution < -0.4 is 0 Å². The zero-order valence-corrected chi connectivity index (χ0v) is 17.6. The summed E-state index contributed by atoms with van der Waals surface area (Å²) in [5, 5.41) is 4.82. The van der Waals surface area contributed by atoms with Crippen LogP contribution in [0.15, 0.2) is 110 Å². The number of hydrogen-bond acceptors (Lipinski definition) is 5. The lowest BCUT2D eigenvalue weighted by Crippen LogP contribution is -2.02. The Morgan fingerprint density at radius 2 is 1.09 bits per heavy atom. The van der Waals surface area contributed by atoms with E-state index in [1.807, 2.05) is 60.8 Å². The average molecular weight is 426 g/mol. The molecule has 0 N–H and O–H groups in total. The molecular weight excluding hydrogens is 408 g/mol. The Labute approximate surface area is 190 Å². The fourth-order valence-corrected chi connectivity index (χ4v) is 3.78. The summed E-state index contributed by atoms with van der Waals surface area (Å²) < 4.78 is 1.71. The average Bonchev–Trinajstić information content (AvgIpc) is 3.33. The lowest BCUT2D eigenvalue weighted by Gasteiger charge is -2.07. The SMILES string of the molecule is c1ccc(-c2ccc(-c3cn4nc(-c5ccccn5)c(-c5ccccn5)nc4n3)cc2)cc1. The molecule has 0 aliphatic rings. The predicted molar refractivity (Wildman–Crippen MR) is 128 cm³/mol. The van der Waals surface area contributed by atoms with Crippen molar-refractivity contribution in [3.63, 3.8) is 0 Å². The van der Waals surface area contributed by atoms with Gasteiger partial charge in [-0.3, -0.25) is 9.97 Å². The quantitative estimate of drug-likeness (QED) is 0.368. The van der Waals surface area contributed by atoms with E-state index in [-0.39, 0.29) is 0 Å². The Morgan fingerprint density at radius 3 is 1.76 bits per heavy atom. The predicted octanol–water partition coefficient (Wildman–Crippen LogP) is 5.58. The van der Waals surface area contributed by atoms with Gasteiger partial charge < -0.3 is 0 Å². The molecule has 6 rings (SSSR count). The fourth-order valence-electron chi connectivity index (χ4n) is 3.78. The van der Waals surface area contributed by atoms with Gasteiger partial charge >= 0.3 is 0 Å². The molecule has 0 fully saturated rings. The number of benzene rings is 2. The van der Waals surface area contributed by atoms with Crippen molar-refractivity contribution in [3.8, 4) is 45.2 Å². The van der Waals surface area contributed by atoms with Crippen LogP contribution >= 0.6 is 0 Å². The third-order valence-corrected chi connectivity index (χ3v) is 5.42. The van der Waals surface area contributed by atoms with Crippen LogP contribution in [0.2, 0.25) is 0 Å². The number of aromatic nitrogens is 6. The van der Waals surface area contributed by atoms with Crippen LogP contribution in [-0.2, 0) is 0 Å². The number of nitrogens with zero attached hydrogens (tertiary/aromatic N) is 6. The van der Waals surface area contributed by atoms with Crippen molar-refractivity contribution in [1.82, 2.24) is 29.5 Å². The van der Waals surface area contributed by atoms with E-state index in [2.05, 4.69) is 46.4 Å². The summed E-state index contributed by atoms with van der Waals surface area (Å²) in [4.78, 5) is 18.5. The van der Waals surface area contributed by atoms with Gasteiger partial charge in [0.15, 0.2) is 0 Å². The van der Waals surface area contributed by atoms with Gasteiger partial charge in [0, 0.05) is 18.0 Å². The Balaban J connectivity index is 1.46. The second-order valence-electron chi connectivity index (χ2n) is 7.55. The summed E-state index contributed by atoms with van der Waals surface area (Å²) in [6.07, 6.45) is 5.39. The molecule has 0 bridgehead atoms. The standard InChI is InChI=1S/C27H18N6/c1-2-8-19(9-3-1)20-12-14-21(15-13-20)24-18-33-27(30-24)31-25(22-10-4-6-16-28-22)26(32-33)23-11-5-7-17-29-23/h1-18H. The Kier molecular flexibility index (Phi) is 4.66. The van der Waals surface area contributed by atoms with Crippen LogP contribution in [0.5, 0.6) is 0 Å². The van der Waals surface area contributed by atoms with Gasteiger partial charge in [-0.2, -0.15) is 5.10 Å². The van der Waals surface area contributed by atoms with Gasteiger partial charge in [-0.1, -0.05) is 66.7 Å². The molecule has 4 heterocycles. The highest BCUT2D eigenvalue weighted by atomic mass is 15.3. The molecule has 0 atom stereocenters. The smallest absolute Gasteiger partial charge is 0.251 e. The van der Waals surface area contributed by atoms with Crippen LogP contribution in [0.1, 0.15) is 0 Å². The molecule has 156 valence electrons. The minimum atomic E-state index is 0.512. The van der Waals surface area contributed by atoms with E-state index in [1.54, 1.807) is 16.9 Å². The van der Waals surface area contributed by atoms with Gasteiger partial charge in [0.2, 0.25) is 0 Å². The van der Waals surface area contributed by atoms with Crippen LogP contribution in [-0.4, -0.2) is 29.5 Å². The van der Waals surface area contributed by atoms with Crippen molar-refractivity contribution in [1.29, 1.82) is 0 Å². The van der Waals surface area contributed by atoms with Crippen molar-refractivity contribution in [2.24, 2.45) is 0 Å². The minimum absolute atomic E-state index is 0.512. The normalized spacial score (nSPS) is 11.0. The molecule has 4 aromatic heterocycles. The maximum absolute atomic E-state index is 4.82. The summed E-state index contributed by atoms with van der Waals surface area (Å²) in [5.41, 5.74) is 6.92. The summed E-state index contributed by atoms with van der Waals surface area (Å²) in [5.74, 6) is 0.512. The Hall–Kier alpha value is -4.71. The van der Waals surface area contributed by atoms with E-state index in [0.717, 1.165) is 28.2 Å². The maximum Gasteiger partial charge on any atom is 0.251 e. The first-order valence-electron chi connectivity index (χ1n) is 10.6.